The predicted octanol–water partition coefficient (Wildman–Crippen LogP) is -4.35. The van der Waals surface area contributed by atoms with Crippen molar-refractivity contribution in [3.8, 4) is 0 Å². The molecule has 0 aliphatic carbocycles. The molecule has 0 unspecified atom stereocenters. The summed E-state index contributed by atoms with van der Waals surface area (Å²) in [6, 6.07) is 0. The van der Waals surface area contributed by atoms with Gasteiger partial charge in [0, 0.05) is 0 Å². The van der Waals surface area contributed by atoms with Crippen LogP contribution in [0.4, 0.5) is 0 Å². The van der Waals surface area contributed by atoms with E-state index in [1.165, 1.54) is 0 Å². The Morgan fingerprint density at radius 3 is 1.45 bits per heavy atom. The fraction of sp³-hybridized carbons (Fsp3) is 0. The van der Waals surface area contributed by atoms with Gasteiger partial charge in [-0.1, -0.05) is 0 Å². The molecule has 11 heavy (non-hydrogen) atoms. The minimum Gasteiger partial charge on any atom is -0.780 e. The van der Waals surface area contributed by atoms with Crippen LogP contribution in [0.3, 0.4) is 0 Å². The SMILES string of the molecule is O=S([O-])([O-])=S.O=[N+]([O-])O.[Ag+].[Na+]. The Kier molecular flexibility index (Phi) is 23.2. The zero-order valence-corrected chi connectivity index (χ0v) is 10.2. The Morgan fingerprint density at radius 2 is 1.45 bits per heavy atom. The van der Waals surface area contributed by atoms with Gasteiger partial charge in [0.15, 0.2) is 0 Å². The molecule has 0 fully saturated rings. The molecule has 0 saturated heterocycles. The van der Waals surface area contributed by atoms with Gasteiger partial charge in [-0.3, -0.25) is 4.21 Å². The normalized spacial score (nSPS) is 7.45. The molecular formula is HAgNNaO6S2. The summed E-state index contributed by atoms with van der Waals surface area (Å²) in [4.78, 5) is 8.36. The summed E-state index contributed by atoms with van der Waals surface area (Å²) in [6.07, 6.45) is 0. The molecule has 0 aliphatic rings. The van der Waals surface area contributed by atoms with Crippen molar-refractivity contribution in [2.75, 3.05) is 0 Å². The van der Waals surface area contributed by atoms with Gasteiger partial charge in [-0.15, -0.1) is 19.2 Å². The van der Waals surface area contributed by atoms with Crippen LogP contribution in [0.15, 0.2) is 0 Å². The molecule has 66 valence electrons. The fourth-order valence-corrected chi connectivity index (χ4v) is 0. The van der Waals surface area contributed by atoms with E-state index in [2.05, 4.69) is 11.2 Å². The van der Waals surface area contributed by atoms with E-state index >= 15 is 0 Å². The van der Waals surface area contributed by atoms with Crippen molar-refractivity contribution >= 4 is 20.2 Å². The first-order chi connectivity index (χ1) is 3.73. The number of hydrogen-bond donors (Lipinski definition) is 1. The van der Waals surface area contributed by atoms with E-state index in [4.69, 9.17) is 28.6 Å². The molecule has 0 aromatic carbocycles. The third-order valence-corrected chi connectivity index (χ3v) is 0. The van der Waals surface area contributed by atoms with Crippen LogP contribution < -0.4 is 29.6 Å². The quantitative estimate of drug-likeness (QED) is 0.272. The van der Waals surface area contributed by atoms with Crippen LogP contribution in [-0.4, -0.2) is 23.6 Å². The summed E-state index contributed by atoms with van der Waals surface area (Å²) in [6.45, 7) is 0. The molecule has 7 nitrogen and oxygen atoms in total. The summed E-state index contributed by atoms with van der Waals surface area (Å²) in [5.41, 5.74) is 0. The Bertz CT molecular complexity index is 163. The topological polar surface area (TPSA) is 127 Å². The van der Waals surface area contributed by atoms with Gasteiger partial charge in [0.2, 0.25) is 0 Å². The van der Waals surface area contributed by atoms with E-state index in [-0.39, 0.29) is 51.9 Å². The van der Waals surface area contributed by atoms with Crippen molar-refractivity contribution in [1.29, 1.82) is 0 Å². The molecule has 0 spiro atoms. The first-order valence-corrected chi connectivity index (χ1v) is 3.57. The second kappa shape index (κ2) is 11.2. The minimum absolute atomic E-state index is 0. The molecule has 0 atom stereocenters. The van der Waals surface area contributed by atoms with Crippen LogP contribution in [0, 0.1) is 10.1 Å². The second-order valence-corrected chi connectivity index (χ2v) is 2.69. The largest absolute Gasteiger partial charge is 1.00 e. The van der Waals surface area contributed by atoms with Crippen LogP contribution in [0.5, 0.6) is 0 Å². The molecule has 0 bridgehead atoms. The maximum atomic E-state index is 8.89. The van der Waals surface area contributed by atoms with Gasteiger partial charge in [-0.25, -0.2) is 0 Å². The molecule has 0 aliphatic heterocycles. The fourth-order valence-electron chi connectivity index (χ4n) is 0. The Morgan fingerprint density at radius 1 is 1.45 bits per heavy atom. The summed E-state index contributed by atoms with van der Waals surface area (Å²) >= 11 is 3.24. The maximum Gasteiger partial charge on any atom is 1.00 e. The van der Waals surface area contributed by atoms with E-state index in [1.54, 1.807) is 0 Å². The smallest absolute Gasteiger partial charge is 0.780 e. The maximum absolute atomic E-state index is 8.89. The number of nitrogens with zero attached hydrogens (tertiary/aromatic N) is 1. The van der Waals surface area contributed by atoms with Gasteiger partial charge in [0.25, 0.3) is 5.09 Å². The summed E-state index contributed by atoms with van der Waals surface area (Å²) in [5.74, 6) is 0. The van der Waals surface area contributed by atoms with Gasteiger partial charge in [0.1, 0.15) is 0 Å². The molecular weight excluding hydrogens is 305 g/mol. The molecule has 0 amide bonds. The summed E-state index contributed by atoms with van der Waals surface area (Å²) in [5, 5.41) is 13.6. The zero-order valence-electron chi connectivity index (χ0n) is 5.05. The zero-order chi connectivity index (χ0) is 8.08. The minimum atomic E-state index is -4.33. The number of hydrogen-bond acceptors (Lipinski definition) is 6. The third kappa shape index (κ3) is 632. The van der Waals surface area contributed by atoms with E-state index in [0.717, 1.165) is 0 Å². The molecule has 0 saturated carbocycles. The van der Waals surface area contributed by atoms with Crippen molar-refractivity contribution in [3.63, 3.8) is 0 Å². The van der Waals surface area contributed by atoms with Crippen molar-refractivity contribution < 1.29 is 75.5 Å². The van der Waals surface area contributed by atoms with Crippen molar-refractivity contribution in [1.82, 2.24) is 0 Å². The van der Waals surface area contributed by atoms with Crippen LogP contribution >= 0.6 is 0 Å². The summed E-state index contributed by atoms with van der Waals surface area (Å²) < 4.78 is 26.7. The Balaban J connectivity index is -0.0000000383. The van der Waals surface area contributed by atoms with Gasteiger partial charge in [-0.2, -0.15) is 0 Å². The van der Waals surface area contributed by atoms with Crippen LogP contribution in [0.25, 0.3) is 0 Å². The third-order valence-electron chi connectivity index (χ3n) is 0. The van der Waals surface area contributed by atoms with Gasteiger partial charge in [-0.05, 0) is 11.2 Å². The Labute approximate surface area is 105 Å². The van der Waals surface area contributed by atoms with Crippen LogP contribution in [-0.2, 0) is 42.6 Å². The van der Waals surface area contributed by atoms with Crippen LogP contribution in [0.2, 0.25) is 0 Å². The summed E-state index contributed by atoms with van der Waals surface area (Å²) in [7, 11) is -4.33. The van der Waals surface area contributed by atoms with Gasteiger partial charge < -0.3 is 14.3 Å². The molecule has 0 radical (unpaired) electrons. The molecule has 1 N–H and O–H groups in total. The van der Waals surface area contributed by atoms with Crippen LogP contribution in [0.1, 0.15) is 0 Å². The molecule has 11 heteroatoms. The molecule has 0 aromatic rings. The van der Waals surface area contributed by atoms with Crippen molar-refractivity contribution in [3.05, 3.63) is 10.1 Å². The Hall–Kier alpha value is 1.23. The second-order valence-electron chi connectivity index (χ2n) is 0.646. The first-order valence-electron chi connectivity index (χ1n) is 1.23. The number of rotatable bonds is 0. The molecule has 0 heterocycles. The van der Waals surface area contributed by atoms with Gasteiger partial charge in [0.05, 0.1) is 0 Å². The predicted molar refractivity (Wildman–Crippen MR) is 25.8 cm³/mol. The standard InChI is InChI=1S/Ag.HNO3.Na.H2O3S2/c;2-1(3)4;;1-5(2,3)4/h;(H,2,3,4);;(H2,1,2,3,4)/q+1;;+1;/p-2. The average Bonchev–Trinajstić information content (AvgIpc) is 1.19. The molecule has 0 rings (SSSR count). The van der Waals surface area contributed by atoms with E-state index in [9.17, 15) is 0 Å². The van der Waals surface area contributed by atoms with E-state index in [1.807, 2.05) is 0 Å². The van der Waals surface area contributed by atoms with E-state index < -0.39 is 14.1 Å². The van der Waals surface area contributed by atoms with E-state index in [0.29, 0.717) is 0 Å². The monoisotopic (exact) mass is 305 g/mol. The van der Waals surface area contributed by atoms with Crippen molar-refractivity contribution in [2.24, 2.45) is 0 Å². The first kappa shape index (κ1) is 22.8. The van der Waals surface area contributed by atoms with Gasteiger partial charge >= 0.3 is 51.9 Å². The van der Waals surface area contributed by atoms with Crippen molar-refractivity contribution in [2.45, 2.75) is 0 Å². The molecule has 0 aromatic heterocycles. The average molecular weight is 306 g/mol.